The number of halogens is 1. The molecule has 3 atom stereocenters. The SMILES string of the molecule is NC1CCC2CN(c3ccc(I)cc3[N+](=O)[O-])CC12. The van der Waals surface area contributed by atoms with E-state index in [1.165, 1.54) is 0 Å². The van der Waals surface area contributed by atoms with Crippen molar-refractivity contribution in [1.29, 1.82) is 0 Å². The number of nitro groups is 1. The zero-order chi connectivity index (χ0) is 13.6. The summed E-state index contributed by atoms with van der Waals surface area (Å²) in [5.74, 6) is 1.10. The molecule has 6 heteroatoms. The lowest BCUT2D eigenvalue weighted by Crippen LogP contribution is -2.30. The molecule has 0 radical (unpaired) electrons. The Morgan fingerprint density at radius 2 is 2.16 bits per heavy atom. The second kappa shape index (κ2) is 4.90. The molecule has 0 bridgehead atoms. The molecule has 1 aromatic rings. The Balaban J connectivity index is 1.90. The Bertz CT molecular complexity index is 523. The molecule has 1 saturated heterocycles. The maximum atomic E-state index is 11.2. The molecular formula is C13H16IN3O2. The summed E-state index contributed by atoms with van der Waals surface area (Å²) in [4.78, 5) is 13.0. The highest BCUT2D eigenvalue weighted by molar-refractivity contribution is 14.1. The number of nitrogens with zero attached hydrogens (tertiary/aromatic N) is 2. The van der Waals surface area contributed by atoms with Crippen LogP contribution in [0.3, 0.4) is 0 Å². The molecule has 1 aliphatic carbocycles. The lowest BCUT2D eigenvalue weighted by Gasteiger charge is -2.20. The first kappa shape index (κ1) is 13.1. The van der Waals surface area contributed by atoms with E-state index >= 15 is 0 Å². The average Bonchev–Trinajstić information content (AvgIpc) is 2.92. The summed E-state index contributed by atoms with van der Waals surface area (Å²) in [5.41, 5.74) is 7.07. The third-order valence-electron chi connectivity index (χ3n) is 4.39. The third-order valence-corrected chi connectivity index (χ3v) is 5.06. The highest BCUT2D eigenvalue weighted by Gasteiger charge is 2.42. The Morgan fingerprint density at radius 3 is 2.84 bits per heavy atom. The van der Waals surface area contributed by atoms with Gasteiger partial charge in [0.05, 0.1) is 4.92 Å². The topological polar surface area (TPSA) is 72.4 Å². The number of nitro benzene ring substituents is 1. The lowest BCUT2D eigenvalue weighted by molar-refractivity contribution is -0.384. The van der Waals surface area contributed by atoms with E-state index in [1.807, 2.05) is 12.1 Å². The van der Waals surface area contributed by atoms with Crippen molar-refractivity contribution in [2.75, 3.05) is 18.0 Å². The van der Waals surface area contributed by atoms with Crippen LogP contribution in [-0.4, -0.2) is 24.1 Å². The number of rotatable bonds is 2. The van der Waals surface area contributed by atoms with E-state index in [0.717, 1.165) is 35.2 Å². The van der Waals surface area contributed by atoms with Crippen molar-refractivity contribution in [2.24, 2.45) is 17.6 Å². The molecule has 2 aliphatic rings. The number of anilines is 1. The van der Waals surface area contributed by atoms with Gasteiger partial charge in [-0.2, -0.15) is 0 Å². The van der Waals surface area contributed by atoms with Crippen molar-refractivity contribution < 1.29 is 4.92 Å². The zero-order valence-electron chi connectivity index (χ0n) is 10.5. The number of fused-ring (bicyclic) bond motifs is 1. The fourth-order valence-corrected chi connectivity index (χ4v) is 3.89. The van der Waals surface area contributed by atoms with Gasteiger partial charge in [0, 0.05) is 28.8 Å². The molecule has 1 saturated carbocycles. The van der Waals surface area contributed by atoms with Crippen LogP contribution in [0.4, 0.5) is 11.4 Å². The molecule has 0 spiro atoms. The molecule has 0 amide bonds. The average molecular weight is 373 g/mol. The Hall–Kier alpha value is -0.890. The van der Waals surface area contributed by atoms with E-state index in [9.17, 15) is 10.1 Å². The highest BCUT2D eigenvalue weighted by atomic mass is 127. The molecule has 5 nitrogen and oxygen atoms in total. The van der Waals surface area contributed by atoms with Gasteiger partial charge in [-0.15, -0.1) is 0 Å². The third kappa shape index (κ3) is 2.31. The molecule has 102 valence electrons. The minimum absolute atomic E-state index is 0.209. The van der Waals surface area contributed by atoms with Crippen molar-refractivity contribution in [1.82, 2.24) is 0 Å². The predicted octanol–water partition coefficient (Wildman–Crippen LogP) is 2.37. The summed E-state index contributed by atoms with van der Waals surface area (Å²) < 4.78 is 0.893. The van der Waals surface area contributed by atoms with E-state index in [4.69, 9.17) is 5.73 Å². The summed E-state index contributed by atoms with van der Waals surface area (Å²) in [6.45, 7) is 1.76. The van der Waals surface area contributed by atoms with Crippen LogP contribution in [0.2, 0.25) is 0 Å². The van der Waals surface area contributed by atoms with Gasteiger partial charge in [0.1, 0.15) is 5.69 Å². The zero-order valence-corrected chi connectivity index (χ0v) is 12.6. The molecule has 3 rings (SSSR count). The molecule has 2 fully saturated rings. The second-order valence-corrected chi connectivity index (χ2v) is 6.71. The normalized spacial score (nSPS) is 29.6. The molecule has 19 heavy (non-hydrogen) atoms. The van der Waals surface area contributed by atoms with E-state index in [-0.39, 0.29) is 16.7 Å². The first-order valence-corrected chi connectivity index (χ1v) is 7.58. The minimum Gasteiger partial charge on any atom is -0.365 e. The summed E-state index contributed by atoms with van der Waals surface area (Å²) in [5, 5.41) is 11.2. The van der Waals surface area contributed by atoms with Crippen molar-refractivity contribution in [2.45, 2.75) is 18.9 Å². The van der Waals surface area contributed by atoms with Gasteiger partial charge >= 0.3 is 0 Å². The van der Waals surface area contributed by atoms with E-state index < -0.39 is 0 Å². The number of hydrogen-bond donors (Lipinski definition) is 1. The Labute approximate surface area is 125 Å². The summed E-state index contributed by atoms with van der Waals surface area (Å²) in [6, 6.07) is 5.70. The summed E-state index contributed by atoms with van der Waals surface area (Å²) >= 11 is 2.11. The van der Waals surface area contributed by atoms with Crippen LogP contribution >= 0.6 is 22.6 Å². The maximum Gasteiger partial charge on any atom is 0.293 e. The minimum atomic E-state index is -0.286. The molecule has 1 aliphatic heterocycles. The summed E-state index contributed by atoms with van der Waals surface area (Å²) in [7, 11) is 0. The van der Waals surface area contributed by atoms with Gasteiger partial charge in [0.25, 0.3) is 5.69 Å². The standard InChI is InChI=1S/C13H16IN3O2/c14-9-2-4-12(13(5-9)17(18)19)16-6-8-1-3-11(15)10(8)7-16/h2,4-5,8,10-11H,1,3,6-7,15H2. The van der Waals surface area contributed by atoms with Gasteiger partial charge in [-0.1, -0.05) is 0 Å². The monoisotopic (exact) mass is 373 g/mol. The van der Waals surface area contributed by atoms with E-state index in [0.29, 0.717) is 11.8 Å². The first-order valence-electron chi connectivity index (χ1n) is 6.50. The van der Waals surface area contributed by atoms with Gasteiger partial charge in [-0.05, 0) is 59.4 Å². The van der Waals surface area contributed by atoms with Crippen LogP contribution in [0, 0.1) is 25.5 Å². The quantitative estimate of drug-likeness (QED) is 0.491. The molecular weight excluding hydrogens is 357 g/mol. The number of nitrogens with two attached hydrogens (primary N) is 1. The maximum absolute atomic E-state index is 11.2. The van der Waals surface area contributed by atoms with Gasteiger partial charge in [-0.3, -0.25) is 10.1 Å². The van der Waals surface area contributed by atoms with Crippen LogP contribution < -0.4 is 10.6 Å². The smallest absolute Gasteiger partial charge is 0.293 e. The highest BCUT2D eigenvalue weighted by Crippen LogP contribution is 2.41. The fourth-order valence-electron chi connectivity index (χ4n) is 3.41. The van der Waals surface area contributed by atoms with Gasteiger partial charge in [-0.25, -0.2) is 0 Å². The van der Waals surface area contributed by atoms with E-state index in [1.54, 1.807) is 6.07 Å². The second-order valence-electron chi connectivity index (χ2n) is 5.46. The molecule has 2 N–H and O–H groups in total. The summed E-state index contributed by atoms with van der Waals surface area (Å²) in [6.07, 6.45) is 2.25. The fraction of sp³-hybridized carbons (Fsp3) is 0.538. The largest absolute Gasteiger partial charge is 0.365 e. The van der Waals surface area contributed by atoms with Crippen molar-refractivity contribution in [3.05, 3.63) is 31.9 Å². The van der Waals surface area contributed by atoms with Gasteiger partial charge in [0.15, 0.2) is 0 Å². The number of benzene rings is 1. The molecule has 1 heterocycles. The molecule has 0 aromatic heterocycles. The first-order chi connectivity index (χ1) is 9.06. The van der Waals surface area contributed by atoms with Crippen molar-refractivity contribution in [3.8, 4) is 0 Å². The van der Waals surface area contributed by atoms with Crippen LogP contribution in [0.15, 0.2) is 18.2 Å². The van der Waals surface area contributed by atoms with Crippen molar-refractivity contribution in [3.63, 3.8) is 0 Å². The van der Waals surface area contributed by atoms with Gasteiger partial charge < -0.3 is 10.6 Å². The van der Waals surface area contributed by atoms with Crippen LogP contribution in [0.25, 0.3) is 0 Å². The Morgan fingerprint density at radius 1 is 1.37 bits per heavy atom. The molecule has 3 unspecified atom stereocenters. The van der Waals surface area contributed by atoms with Crippen LogP contribution in [0.1, 0.15) is 12.8 Å². The van der Waals surface area contributed by atoms with Crippen molar-refractivity contribution >= 4 is 34.0 Å². The van der Waals surface area contributed by atoms with E-state index in [2.05, 4.69) is 27.5 Å². The number of hydrogen-bond acceptors (Lipinski definition) is 4. The predicted molar refractivity (Wildman–Crippen MR) is 82.2 cm³/mol. The lowest BCUT2D eigenvalue weighted by atomic mass is 9.98. The van der Waals surface area contributed by atoms with Crippen LogP contribution in [-0.2, 0) is 0 Å². The molecule has 1 aromatic carbocycles. The van der Waals surface area contributed by atoms with Gasteiger partial charge in [0.2, 0.25) is 0 Å². The van der Waals surface area contributed by atoms with Crippen LogP contribution in [0.5, 0.6) is 0 Å². The Kier molecular flexibility index (Phi) is 3.38.